The summed E-state index contributed by atoms with van der Waals surface area (Å²) in [4.78, 5) is 29.2. The Morgan fingerprint density at radius 3 is 2.74 bits per heavy atom. The van der Waals surface area contributed by atoms with Crippen LogP contribution in [0.25, 0.3) is 0 Å². The van der Waals surface area contributed by atoms with Gasteiger partial charge in [-0.15, -0.1) is 22.7 Å². The molecule has 27 heavy (non-hydrogen) atoms. The molecule has 5 nitrogen and oxygen atoms in total. The van der Waals surface area contributed by atoms with Crippen molar-refractivity contribution in [3.63, 3.8) is 0 Å². The van der Waals surface area contributed by atoms with E-state index in [1.807, 2.05) is 13.0 Å². The fraction of sp³-hybridized carbons (Fsp3) is 0.500. The number of nitrogens with one attached hydrogen (secondary N) is 2. The summed E-state index contributed by atoms with van der Waals surface area (Å²) in [5, 5.41) is 8.94. The molecule has 2 amide bonds. The van der Waals surface area contributed by atoms with Gasteiger partial charge in [0.25, 0.3) is 5.91 Å². The summed E-state index contributed by atoms with van der Waals surface area (Å²) in [5.41, 5.74) is 0.914. The summed E-state index contributed by atoms with van der Waals surface area (Å²) in [5.74, 6) is 0.192. The van der Waals surface area contributed by atoms with Crippen molar-refractivity contribution >= 4 is 39.5 Å². The topological polar surface area (TPSA) is 61.4 Å². The molecular weight excluding hydrogens is 378 g/mol. The molecule has 1 aliphatic heterocycles. The molecule has 1 aliphatic carbocycles. The lowest BCUT2D eigenvalue weighted by molar-refractivity contribution is -0.117. The first-order valence-electron chi connectivity index (χ1n) is 9.59. The van der Waals surface area contributed by atoms with Gasteiger partial charge in [-0.3, -0.25) is 14.5 Å². The van der Waals surface area contributed by atoms with Crippen molar-refractivity contribution in [3.8, 4) is 0 Å². The summed E-state index contributed by atoms with van der Waals surface area (Å²) < 4.78 is 0. The van der Waals surface area contributed by atoms with Crippen LogP contribution in [0.2, 0.25) is 0 Å². The highest BCUT2D eigenvalue weighted by molar-refractivity contribution is 7.18. The van der Waals surface area contributed by atoms with Crippen molar-refractivity contribution < 1.29 is 9.59 Å². The molecule has 1 saturated carbocycles. The zero-order valence-electron chi connectivity index (χ0n) is 15.5. The number of carbonyl (C=O) groups excluding carboxylic acids is 2. The van der Waals surface area contributed by atoms with Gasteiger partial charge >= 0.3 is 0 Å². The van der Waals surface area contributed by atoms with E-state index in [1.165, 1.54) is 29.1 Å². The van der Waals surface area contributed by atoms with Crippen molar-refractivity contribution in [2.24, 2.45) is 5.92 Å². The molecule has 2 aromatic heterocycles. The van der Waals surface area contributed by atoms with E-state index >= 15 is 0 Å². The van der Waals surface area contributed by atoms with Crippen molar-refractivity contribution in [2.75, 3.05) is 25.0 Å². The number of nitrogens with zero attached hydrogens (tertiary/aromatic N) is 1. The largest absolute Gasteiger partial charge is 0.349 e. The fourth-order valence-corrected chi connectivity index (χ4v) is 5.40. The van der Waals surface area contributed by atoms with Crippen molar-refractivity contribution in [1.82, 2.24) is 10.2 Å². The molecule has 1 atom stereocenters. The maximum absolute atomic E-state index is 12.8. The Labute approximate surface area is 167 Å². The Balaban J connectivity index is 1.40. The summed E-state index contributed by atoms with van der Waals surface area (Å²) in [6.07, 6.45) is 4.40. The molecule has 2 aromatic rings. The van der Waals surface area contributed by atoms with Gasteiger partial charge in [-0.2, -0.15) is 0 Å². The van der Waals surface area contributed by atoms with Crippen LogP contribution in [0.15, 0.2) is 23.6 Å². The number of anilines is 1. The summed E-state index contributed by atoms with van der Waals surface area (Å²) >= 11 is 3.12. The van der Waals surface area contributed by atoms with E-state index in [2.05, 4.69) is 33.0 Å². The molecule has 2 fully saturated rings. The van der Waals surface area contributed by atoms with Gasteiger partial charge in [0.2, 0.25) is 5.91 Å². The second kappa shape index (κ2) is 8.12. The van der Waals surface area contributed by atoms with Gasteiger partial charge in [0.05, 0.1) is 15.9 Å². The quantitative estimate of drug-likeness (QED) is 0.734. The SMILES string of the molecule is Cc1cc(NC(=O)C2CC2)sc1C(=O)NC[C@H](c1cccs1)N1CCCC1. The molecule has 0 bridgehead atoms. The van der Waals surface area contributed by atoms with Crippen molar-refractivity contribution in [2.45, 2.75) is 38.6 Å². The second-order valence-corrected chi connectivity index (χ2v) is 9.40. The number of amides is 2. The average Bonchev–Trinajstić information content (AvgIpc) is 3.03. The van der Waals surface area contributed by atoms with E-state index < -0.39 is 0 Å². The number of rotatable bonds is 7. The van der Waals surface area contributed by atoms with Gasteiger partial charge in [-0.1, -0.05) is 6.07 Å². The van der Waals surface area contributed by atoms with E-state index in [9.17, 15) is 9.59 Å². The normalized spacial score (nSPS) is 18.4. The molecule has 2 N–H and O–H groups in total. The maximum atomic E-state index is 12.8. The lowest BCUT2D eigenvalue weighted by Gasteiger charge is -2.26. The summed E-state index contributed by atoms with van der Waals surface area (Å²) in [6, 6.07) is 6.37. The monoisotopic (exact) mass is 403 g/mol. The number of carbonyl (C=O) groups is 2. The highest BCUT2D eigenvalue weighted by atomic mass is 32.1. The van der Waals surface area contributed by atoms with Gasteiger partial charge in [-0.05, 0) is 68.8 Å². The van der Waals surface area contributed by atoms with Crippen LogP contribution < -0.4 is 10.6 Å². The number of hydrogen-bond donors (Lipinski definition) is 2. The summed E-state index contributed by atoms with van der Waals surface area (Å²) in [7, 11) is 0. The minimum Gasteiger partial charge on any atom is -0.349 e. The molecule has 1 saturated heterocycles. The molecule has 7 heteroatoms. The third kappa shape index (κ3) is 4.42. The molecule has 0 radical (unpaired) electrons. The lowest BCUT2D eigenvalue weighted by atomic mass is 10.2. The third-order valence-electron chi connectivity index (χ3n) is 5.23. The van der Waals surface area contributed by atoms with E-state index in [-0.39, 0.29) is 23.8 Å². The van der Waals surface area contributed by atoms with Crippen molar-refractivity contribution in [3.05, 3.63) is 38.9 Å². The maximum Gasteiger partial charge on any atom is 0.261 e. The van der Waals surface area contributed by atoms with Gasteiger partial charge in [0.1, 0.15) is 0 Å². The van der Waals surface area contributed by atoms with Gasteiger partial charge in [-0.25, -0.2) is 0 Å². The third-order valence-corrected chi connectivity index (χ3v) is 7.35. The molecule has 3 heterocycles. The molecule has 0 spiro atoms. The molecular formula is C20H25N3O2S2. The smallest absolute Gasteiger partial charge is 0.261 e. The zero-order chi connectivity index (χ0) is 18.8. The molecule has 4 rings (SSSR count). The lowest BCUT2D eigenvalue weighted by Crippen LogP contribution is -2.36. The number of thiophene rings is 2. The predicted octanol–water partition coefficient (Wildman–Crippen LogP) is 4.03. The first-order valence-corrected chi connectivity index (χ1v) is 11.3. The molecule has 0 aromatic carbocycles. The van der Waals surface area contributed by atoms with Crippen molar-refractivity contribution in [1.29, 1.82) is 0 Å². The van der Waals surface area contributed by atoms with Crippen LogP contribution in [0.1, 0.15) is 51.8 Å². The van der Waals surface area contributed by atoms with Gasteiger partial charge in [0, 0.05) is 17.3 Å². The zero-order valence-corrected chi connectivity index (χ0v) is 17.1. The van der Waals surface area contributed by atoms with Crippen LogP contribution in [0.4, 0.5) is 5.00 Å². The highest BCUT2D eigenvalue weighted by Crippen LogP contribution is 2.33. The number of aryl methyl sites for hydroxylation is 1. The van der Waals surface area contributed by atoms with Crippen LogP contribution in [0.3, 0.4) is 0 Å². The van der Waals surface area contributed by atoms with Crippen LogP contribution in [-0.4, -0.2) is 36.3 Å². The van der Waals surface area contributed by atoms with E-state index in [1.54, 1.807) is 11.3 Å². The minimum absolute atomic E-state index is 0.0508. The van der Waals surface area contributed by atoms with E-state index in [0.717, 1.165) is 36.5 Å². The first-order chi connectivity index (χ1) is 13.1. The summed E-state index contributed by atoms with van der Waals surface area (Å²) in [6.45, 7) is 4.72. The number of likely N-dealkylation sites (tertiary alicyclic amines) is 1. The Bertz CT molecular complexity index is 805. The molecule has 2 aliphatic rings. The number of hydrogen-bond acceptors (Lipinski definition) is 5. The molecule has 144 valence electrons. The van der Waals surface area contributed by atoms with Gasteiger partial charge in [0.15, 0.2) is 0 Å². The van der Waals surface area contributed by atoms with Crippen LogP contribution in [-0.2, 0) is 4.79 Å². The predicted molar refractivity (Wildman–Crippen MR) is 111 cm³/mol. The minimum atomic E-state index is -0.0508. The highest BCUT2D eigenvalue weighted by Gasteiger charge is 2.30. The van der Waals surface area contributed by atoms with Crippen LogP contribution in [0, 0.1) is 12.8 Å². The second-order valence-electron chi connectivity index (χ2n) is 7.37. The molecule has 0 unspecified atom stereocenters. The first kappa shape index (κ1) is 18.7. The Morgan fingerprint density at radius 2 is 2.07 bits per heavy atom. The van der Waals surface area contributed by atoms with Gasteiger partial charge < -0.3 is 10.6 Å². The Morgan fingerprint density at radius 1 is 1.30 bits per heavy atom. The Kier molecular flexibility index (Phi) is 5.61. The van der Waals surface area contributed by atoms with E-state index in [4.69, 9.17) is 0 Å². The van der Waals surface area contributed by atoms with E-state index in [0.29, 0.717) is 11.4 Å². The van der Waals surface area contributed by atoms with Crippen LogP contribution >= 0.6 is 22.7 Å². The Hall–Kier alpha value is -1.70. The van der Waals surface area contributed by atoms with Crippen LogP contribution in [0.5, 0.6) is 0 Å². The fourth-order valence-electron chi connectivity index (χ4n) is 3.55. The average molecular weight is 404 g/mol. The standard InChI is InChI=1S/C20H25N3O2S2/c1-13-11-17(22-19(24)14-6-7-14)27-18(13)20(25)21-12-15(16-5-4-10-26-16)23-8-2-3-9-23/h4-5,10-11,14-15H,2-3,6-9,12H2,1H3,(H,21,25)(H,22,24)/t15-/m1/s1.